The molecular formula is C4HN3O. The zero-order valence-electron chi connectivity index (χ0n) is 3.83. The second kappa shape index (κ2) is 1.54. The minimum absolute atomic E-state index is 0.0787. The summed E-state index contributed by atoms with van der Waals surface area (Å²) in [4.78, 5) is 10.1. The number of allylic oxidation sites excluding steroid dienone is 1. The molecule has 1 heterocycles. The average Bonchev–Trinajstić information content (AvgIpc) is 2.14. The molecule has 0 aromatic heterocycles. The molecule has 1 amide bonds. The first kappa shape index (κ1) is 4.65. The smallest absolute Gasteiger partial charge is 0.266 e. The first-order chi connectivity index (χ1) is 3.83. The van der Waals surface area contributed by atoms with E-state index in [4.69, 9.17) is 5.26 Å². The summed E-state index contributed by atoms with van der Waals surface area (Å²) in [6, 6.07) is 1.67. The van der Waals surface area contributed by atoms with Gasteiger partial charge >= 0.3 is 0 Å². The third-order valence-corrected chi connectivity index (χ3v) is 0.631. The maximum Gasteiger partial charge on any atom is 0.291 e. The van der Waals surface area contributed by atoms with Gasteiger partial charge in [-0.3, -0.25) is 4.79 Å². The Balaban J connectivity index is 2.92. The maximum atomic E-state index is 10.1. The highest BCUT2D eigenvalue weighted by atomic mass is 16.1. The lowest BCUT2D eigenvalue weighted by atomic mass is 10.4. The molecule has 0 aromatic carbocycles. The fourth-order valence-corrected chi connectivity index (χ4v) is 0.332. The van der Waals surface area contributed by atoms with Crippen LogP contribution < -0.4 is 0 Å². The number of azo groups is 1. The van der Waals surface area contributed by atoms with Crippen LogP contribution in [-0.4, -0.2) is 5.91 Å². The molecule has 0 radical (unpaired) electrons. The van der Waals surface area contributed by atoms with Crippen molar-refractivity contribution < 1.29 is 4.79 Å². The molecule has 1 rings (SSSR count). The minimum atomic E-state index is -0.457. The molecule has 4 nitrogen and oxygen atoms in total. The number of hydrogen-bond acceptors (Lipinski definition) is 3. The monoisotopic (exact) mass is 107 g/mol. The van der Waals surface area contributed by atoms with Crippen LogP contribution in [0.5, 0.6) is 0 Å². The van der Waals surface area contributed by atoms with Gasteiger partial charge in [0.25, 0.3) is 5.91 Å². The SMILES string of the molecule is N#CC1=CC(=O)N=N1. The molecule has 0 atom stereocenters. The van der Waals surface area contributed by atoms with Gasteiger partial charge in [0.15, 0.2) is 5.70 Å². The van der Waals surface area contributed by atoms with Crippen LogP contribution in [0.2, 0.25) is 0 Å². The summed E-state index contributed by atoms with van der Waals surface area (Å²) < 4.78 is 0. The molecule has 0 aliphatic carbocycles. The first-order valence-electron chi connectivity index (χ1n) is 1.90. The van der Waals surface area contributed by atoms with E-state index in [2.05, 4.69) is 10.2 Å². The van der Waals surface area contributed by atoms with Gasteiger partial charge in [-0.2, -0.15) is 5.26 Å². The average molecular weight is 107 g/mol. The first-order valence-corrected chi connectivity index (χ1v) is 1.90. The van der Waals surface area contributed by atoms with Crippen LogP contribution in [0.3, 0.4) is 0 Å². The summed E-state index contributed by atoms with van der Waals surface area (Å²) in [6.07, 6.45) is 1.08. The van der Waals surface area contributed by atoms with Crippen LogP contribution in [0, 0.1) is 11.3 Å². The molecular weight excluding hydrogens is 106 g/mol. The van der Waals surface area contributed by atoms with Gasteiger partial charge in [-0.25, -0.2) is 0 Å². The summed E-state index contributed by atoms with van der Waals surface area (Å²) in [5, 5.41) is 14.3. The summed E-state index contributed by atoms with van der Waals surface area (Å²) in [5.74, 6) is -0.457. The number of nitriles is 1. The van der Waals surface area contributed by atoms with Gasteiger partial charge in [0, 0.05) is 6.08 Å². The number of carbonyl (C=O) groups is 1. The summed E-state index contributed by atoms with van der Waals surface area (Å²) in [6.45, 7) is 0. The van der Waals surface area contributed by atoms with E-state index in [1.807, 2.05) is 0 Å². The molecule has 0 fully saturated rings. The lowest BCUT2D eigenvalue weighted by Gasteiger charge is -1.64. The van der Waals surface area contributed by atoms with Gasteiger partial charge in [0.1, 0.15) is 6.07 Å². The Morgan fingerprint density at radius 1 is 1.62 bits per heavy atom. The predicted octanol–water partition coefficient (Wildman–Crippen LogP) is 0.386. The van der Waals surface area contributed by atoms with Crippen molar-refractivity contribution in [1.29, 1.82) is 5.26 Å². The standard InChI is InChI=1S/C4HN3O/c5-2-3-1-4(8)7-6-3/h1H. The molecule has 0 saturated heterocycles. The van der Waals surface area contributed by atoms with Crippen LogP contribution in [0.15, 0.2) is 22.0 Å². The molecule has 0 bridgehead atoms. The number of nitrogens with zero attached hydrogens (tertiary/aromatic N) is 3. The van der Waals surface area contributed by atoms with E-state index in [9.17, 15) is 4.79 Å². The summed E-state index contributed by atoms with van der Waals surface area (Å²) >= 11 is 0. The van der Waals surface area contributed by atoms with Crippen molar-refractivity contribution in [3.8, 4) is 6.07 Å². The quantitative estimate of drug-likeness (QED) is 0.449. The van der Waals surface area contributed by atoms with Gasteiger partial charge in [0.2, 0.25) is 0 Å². The van der Waals surface area contributed by atoms with E-state index in [1.165, 1.54) is 0 Å². The van der Waals surface area contributed by atoms with Crippen LogP contribution in [0.1, 0.15) is 0 Å². The van der Waals surface area contributed by atoms with E-state index in [0.717, 1.165) is 6.08 Å². The van der Waals surface area contributed by atoms with E-state index < -0.39 is 5.91 Å². The van der Waals surface area contributed by atoms with E-state index in [0.29, 0.717) is 0 Å². The molecule has 0 N–H and O–H groups in total. The third-order valence-electron chi connectivity index (χ3n) is 0.631. The van der Waals surface area contributed by atoms with Gasteiger partial charge in [-0.15, -0.1) is 10.2 Å². The molecule has 4 heteroatoms. The summed E-state index contributed by atoms with van der Waals surface area (Å²) in [7, 11) is 0. The highest BCUT2D eigenvalue weighted by Gasteiger charge is 2.04. The van der Waals surface area contributed by atoms with Crippen molar-refractivity contribution in [3.63, 3.8) is 0 Å². The number of amides is 1. The second-order valence-electron chi connectivity index (χ2n) is 1.18. The van der Waals surface area contributed by atoms with Gasteiger partial charge in [0.05, 0.1) is 0 Å². The molecule has 0 saturated carbocycles. The van der Waals surface area contributed by atoms with Crippen LogP contribution in [-0.2, 0) is 4.79 Å². The topological polar surface area (TPSA) is 65.6 Å². The molecule has 0 unspecified atom stereocenters. The number of carbonyl (C=O) groups excluding carboxylic acids is 1. The normalized spacial score (nSPS) is 15.9. The largest absolute Gasteiger partial charge is 0.291 e. The number of hydrogen-bond donors (Lipinski definition) is 0. The van der Waals surface area contributed by atoms with E-state index in [1.54, 1.807) is 6.07 Å². The lowest BCUT2D eigenvalue weighted by Crippen LogP contribution is -1.76. The third kappa shape index (κ3) is 0.611. The van der Waals surface area contributed by atoms with E-state index in [-0.39, 0.29) is 5.70 Å². The van der Waals surface area contributed by atoms with E-state index >= 15 is 0 Å². The van der Waals surface area contributed by atoms with Crippen molar-refractivity contribution >= 4 is 5.91 Å². The molecule has 1 aliphatic heterocycles. The highest BCUT2D eigenvalue weighted by molar-refractivity contribution is 5.91. The van der Waals surface area contributed by atoms with Crippen molar-refractivity contribution in [3.05, 3.63) is 11.8 Å². The Kier molecular flexibility index (Phi) is 0.897. The zero-order chi connectivity index (χ0) is 5.98. The maximum absolute atomic E-state index is 10.1. The van der Waals surface area contributed by atoms with Crippen molar-refractivity contribution in [2.24, 2.45) is 10.2 Å². The fraction of sp³-hybridized carbons (Fsp3) is 0. The molecule has 0 aromatic rings. The number of rotatable bonds is 0. The van der Waals surface area contributed by atoms with Crippen LogP contribution in [0.25, 0.3) is 0 Å². The van der Waals surface area contributed by atoms with Crippen molar-refractivity contribution in [2.75, 3.05) is 0 Å². The molecule has 0 spiro atoms. The zero-order valence-corrected chi connectivity index (χ0v) is 3.83. The Labute approximate surface area is 45.1 Å². The predicted molar refractivity (Wildman–Crippen MR) is 23.6 cm³/mol. The van der Waals surface area contributed by atoms with Crippen molar-refractivity contribution in [1.82, 2.24) is 0 Å². The molecule has 1 aliphatic rings. The molecule has 38 valence electrons. The second-order valence-corrected chi connectivity index (χ2v) is 1.18. The van der Waals surface area contributed by atoms with Crippen LogP contribution in [0.4, 0.5) is 0 Å². The Morgan fingerprint density at radius 3 is 2.62 bits per heavy atom. The lowest BCUT2D eigenvalue weighted by molar-refractivity contribution is -0.113. The Morgan fingerprint density at radius 2 is 2.38 bits per heavy atom. The van der Waals surface area contributed by atoms with Gasteiger partial charge < -0.3 is 0 Å². The van der Waals surface area contributed by atoms with Crippen molar-refractivity contribution in [2.45, 2.75) is 0 Å². The van der Waals surface area contributed by atoms with Crippen LogP contribution >= 0.6 is 0 Å². The Bertz CT molecular complexity index is 220. The minimum Gasteiger partial charge on any atom is -0.266 e. The Hall–Kier alpha value is -1.50. The van der Waals surface area contributed by atoms with Gasteiger partial charge in [-0.1, -0.05) is 0 Å². The molecule has 8 heavy (non-hydrogen) atoms. The van der Waals surface area contributed by atoms with Gasteiger partial charge in [-0.05, 0) is 0 Å². The fourth-order valence-electron chi connectivity index (χ4n) is 0.332. The summed E-state index contributed by atoms with van der Waals surface area (Å²) in [5.41, 5.74) is 0.0787. The highest BCUT2D eigenvalue weighted by Crippen LogP contribution is 2.03.